The number of amides is 3. The number of carbonyl (C=O) groups excluding carboxylic acids is 3. The smallest absolute Gasteiger partial charge is 0.253 e. The van der Waals surface area contributed by atoms with Crippen molar-refractivity contribution in [2.24, 2.45) is 17.8 Å². The number of benzene rings is 1. The van der Waals surface area contributed by atoms with E-state index in [1.807, 2.05) is 18.7 Å². The normalized spacial score (nSPS) is 25.3. The van der Waals surface area contributed by atoms with E-state index in [0.29, 0.717) is 29.6 Å². The average Bonchev–Trinajstić information content (AvgIpc) is 3.03. The summed E-state index contributed by atoms with van der Waals surface area (Å²) in [5, 5.41) is 2.88. The monoisotopic (exact) mass is 385 g/mol. The number of anilines is 1. The fourth-order valence-electron chi connectivity index (χ4n) is 4.36. The first-order valence-corrected chi connectivity index (χ1v) is 10.2. The van der Waals surface area contributed by atoms with Gasteiger partial charge in [-0.1, -0.05) is 13.8 Å². The quantitative estimate of drug-likeness (QED) is 0.866. The zero-order valence-electron chi connectivity index (χ0n) is 17.3. The molecule has 1 aromatic carbocycles. The van der Waals surface area contributed by atoms with E-state index >= 15 is 0 Å². The van der Waals surface area contributed by atoms with Crippen LogP contribution in [0.2, 0.25) is 0 Å². The number of carbonyl (C=O) groups is 3. The van der Waals surface area contributed by atoms with Crippen molar-refractivity contribution in [2.45, 2.75) is 46.6 Å². The highest BCUT2D eigenvalue weighted by Gasteiger charge is 2.35. The lowest BCUT2D eigenvalue weighted by Crippen LogP contribution is -2.42. The Hall–Kier alpha value is -2.37. The largest absolute Gasteiger partial charge is 0.339 e. The van der Waals surface area contributed by atoms with Crippen molar-refractivity contribution in [1.29, 1.82) is 0 Å². The van der Waals surface area contributed by atoms with Crippen LogP contribution in [0.5, 0.6) is 0 Å². The summed E-state index contributed by atoms with van der Waals surface area (Å²) in [5.74, 6) is 0.643. The standard InChI is InChI=1S/C22H31N3O3/c1-14(2)25-13-18(10-20(25)26)21(27)23-19-7-5-17(6-8-19)22(28)24-11-15(3)9-16(4)12-24/h5-8,14-16,18H,9-13H2,1-4H3,(H,23,27). The van der Waals surface area contributed by atoms with E-state index in [9.17, 15) is 14.4 Å². The van der Waals surface area contributed by atoms with Crippen molar-refractivity contribution < 1.29 is 14.4 Å². The molecular weight excluding hydrogens is 354 g/mol. The third kappa shape index (κ3) is 4.54. The Balaban J connectivity index is 1.59. The van der Waals surface area contributed by atoms with Gasteiger partial charge in [-0.2, -0.15) is 0 Å². The predicted octanol–water partition coefficient (Wildman–Crippen LogP) is 3.00. The lowest BCUT2D eigenvalue weighted by Gasteiger charge is -2.35. The van der Waals surface area contributed by atoms with Crippen LogP contribution in [0.25, 0.3) is 0 Å². The molecule has 0 aromatic heterocycles. The molecule has 3 rings (SSSR count). The Bertz CT molecular complexity index is 734. The molecule has 1 N–H and O–H groups in total. The van der Waals surface area contributed by atoms with Gasteiger partial charge in [0.05, 0.1) is 5.92 Å². The van der Waals surface area contributed by atoms with Gasteiger partial charge >= 0.3 is 0 Å². The maximum absolute atomic E-state index is 12.8. The molecule has 0 saturated carbocycles. The maximum atomic E-state index is 12.8. The lowest BCUT2D eigenvalue weighted by atomic mass is 9.91. The Labute approximate surface area is 167 Å². The zero-order valence-corrected chi connectivity index (χ0v) is 17.3. The van der Waals surface area contributed by atoms with Gasteiger partial charge in [0.15, 0.2) is 0 Å². The first-order valence-electron chi connectivity index (χ1n) is 10.2. The van der Waals surface area contributed by atoms with Gasteiger partial charge in [0.2, 0.25) is 11.8 Å². The molecule has 0 spiro atoms. The number of nitrogens with zero attached hydrogens (tertiary/aromatic N) is 2. The van der Waals surface area contributed by atoms with E-state index in [2.05, 4.69) is 19.2 Å². The fraction of sp³-hybridized carbons (Fsp3) is 0.591. The minimum Gasteiger partial charge on any atom is -0.339 e. The van der Waals surface area contributed by atoms with Gasteiger partial charge in [-0.3, -0.25) is 14.4 Å². The molecule has 3 amide bonds. The summed E-state index contributed by atoms with van der Waals surface area (Å²) < 4.78 is 0. The van der Waals surface area contributed by atoms with Gasteiger partial charge in [0.25, 0.3) is 5.91 Å². The molecule has 0 bridgehead atoms. The Morgan fingerprint density at radius 3 is 2.18 bits per heavy atom. The first kappa shape index (κ1) is 20.4. The average molecular weight is 386 g/mol. The summed E-state index contributed by atoms with van der Waals surface area (Å²) >= 11 is 0. The SMILES string of the molecule is CC1CC(C)CN(C(=O)c2ccc(NC(=O)C3CC(=O)N(C(C)C)C3)cc2)C1. The van der Waals surface area contributed by atoms with Gasteiger partial charge in [-0.25, -0.2) is 0 Å². The molecule has 2 aliphatic heterocycles. The highest BCUT2D eigenvalue weighted by atomic mass is 16.2. The summed E-state index contributed by atoms with van der Waals surface area (Å²) in [6, 6.07) is 7.16. The van der Waals surface area contributed by atoms with E-state index in [-0.39, 0.29) is 36.1 Å². The van der Waals surface area contributed by atoms with Crippen LogP contribution in [-0.2, 0) is 9.59 Å². The molecule has 2 aliphatic rings. The van der Waals surface area contributed by atoms with Crippen LogP contribution >= 0.6 is 0 Å². The van der Waals surface area contributed by atoms with Gasteiger partial charge in [-0.15, -0.1) is 0 Å². The number of rotatable bonds is 4. The Morgan fingerprint density at radius 2 is 1.64 bits per heavy atom. The van der Waals surface area contributed by atoms with Gasteiger partial charge in [0.1, 0.15) is 0 Å². The van der Waals surface area contributed by atoms with Crippen molar-refractivity contribution in [1.82, 2.24) is 9.80 Å². The summed E-state index contributed by atoms with van der Waals surface area (Å²) in [6.07, 6.45) is 1.42. The van der Waals surface area contributed by atoms with Crippen LogP contribution in [0.4, 0.5) is 5.69 Å². The minimum atomic E-state index is -0.326. The molecule has 6 nitrogen and oxygen atoms in total. The zero-order chi connectivity index (χ0) is 20.4. The minimum absolute atomic E-state index is 0.0288. The molecule has 2 saturated heterocycles. The number of hydrogen-bond acceptors (Lipinski definition) is 3. The third-order valence-corrected chi connectivity index (χ3v) is 5.71. The second-order valence-electron chi connectivity index (χ2n) is 8.76. The fourth-order valence-corrected chi connectivity index (χ4v) is 4.36. The van der Waals surface area contributed by atoms with E-state index in [1.54, 1.807) is 29.2 Å². The van der Waals surface area contributed by atoms with Crippen LogP contribution in [0, 0.1) is 17.8 Å². The highest BCUT2D eigenvalue weighted by molar-refractivity contribution is 5.98. The van der Waals surface area contributed by atoms with Crippen LogP contribution < -0.4 is 5.32 Å². The molecule has 1 aromatic rings. The second-order valence-corrected chi connectivity index (χ2v) is 8.76. The lowest BCUT2D eigenvalue weighted by molar-refractivity contribution is -0.129. The summed E-state index contributed by atoms with van der Waals surface area (Å²) in [4.78, 5) is 40.9. The summed E-state index contributed by atoms with van der Waals surface area (Å²) in [6.45, 7) is 10.3. The van der Waals surface area contributed by atoms with Crippen molar-refractivity contribution >= 4 is 23.4 Å². The molecule has 3 unspecified atom stereocenters. The van der Waals surface area contributed by atoms with Crippen LogP contribution in [0.1, 0.15) is 50.9 Å². The molecule has 6 heteroatoms. The van der Waals surface area contributed by atoms with Gasteiger partial charge in [0, 0.05) is 43.3 Å². The predicted molar refractivity (Wildman–Crippen MR) is 109 cm³/mol. The van der Waals surface area contributed by atoms with Crippen molar-refractivity contribution in [3.8, 4) is 0 Å². The third-order valence-electron chi connectivity index (χ3n) is 5.71. The summed E-state index contributed by atoms with van der Waals surface area (Å²) in [5.41, 5.74) is 1.29. The second kappa shape index (κ2) is 8.33. The Kier molecular flexibility index (Phi) is 6.06. The van der Waals surface area contributed by atoms with Gasteiger partial charge < -0.3 is 15.1 Å². The van der Waals surface area contributed by atoms with Crippen LogP contribution in [0.3, 0.4) is 0 Å². The highest BCUT2D eigenvalue weighted by Crippen LogP contribution is 2.24. The van der Waals surface area contributed by atoms with Crippen molar-refractivity contribution in [3.63, 3.8) is 0 Å². The Morgan fingerprint density at radius 1 is 1.04 bits per heavy atom. The van der Waals surface area contributed by atoms with E-state index in [4.69, 9.17) is 0 Å². The van der Waals surface area contributed by atoms with E-state index in [1.165, 1.54) is 0 Å². The molecule has 0 aliphatic carbocycles. The number of likely N-dealkylation sites (tertiary alicyclic amines) is 2. The molecule has 0 radical (unpaired) electrons. The van der Waals surface area contributed by atoms with Gasteiger partial charge in [-0.05, 0) is 56.4 Å². The van der Waals surface area contributed by atoms with E-state index < -0.39 is 0 Å². The van der Waals surface area contributed by atoms with Crippen LogP contribution in [0.15, 0.2) is 24.3 Å². The first-order chi connectivity index (χ1) is 13.2. The molecule has 152 valence electrons. The maximum Gasteiger partial charge on any atom is 0.253 e. The van der Waals surface area contributed by atoms with Crippen LogP contribution in [-0.4, -0.2) is 53.2 Å². The molecule has 3 atom stereocenters. The molecule has 2 heterocycles. The molecule has 28 heavy (non-hydrogen) atoms. The molecule has 2 fully saturated rings. The van der Waals surface area contributed by atoms with Crippen molar-refractivity contribution in [2.75, 3.05) is 25.0 Å². The van der Waals surface area contributed by atoms with E-state index in [0.717, 1.165) is 19.5 Å². The van der Waals surface area contributed by atoms with Crippen molar-refractivity contribution in [3.05, 3.63) is 29.8 Å². The topological polar surface area (TPSA) is 69.7 Å². The number of hydrogen-bond donors (Lipinski definition) is 1. The molecular formula is C22H31N3O3. The number of nitrogens with one attached hydrogen (secondary N) is 1. The number of piperidine rings is 1. The summed E-state index contributed by atoms with van der Waals surface area (Å²) in [7, 11) is 0.